The molecule has 0 saturated heterocycles. The van der Waals surface area contributed by atoms with Crippen LogP contribution >= 0.6 is 11.8 Å². The summed E-state index contributed by atoms with van der Waals surface area (Å²) in [5.74, 6) is 1.29. The molecule has 1 N–H and O–H groups in total. The van der Waals surface area contributed by atoms with Crippen LogP contribution in [0.25, 0.3) is 0 Å². The van der Waals surface area contributed by atoms with Gasteiger partial charge >= 0.3 is 0 Å². The molecule has 1 amide bonds. The first-order valence-corrected chi connectivity index (χ1v) is 8.96. The van der Waals surface area contributed by atoms with Crippen LogP contribution in [0, 0.1) is 13.8 Å². The number of thioether (sulfide) groups is 1. The second-order valence-corrected chi connectivity index (χ2v) is 6.45. The summed E-state index contributed by atoms with van der Waals surface area (Å²) in [7, 11) is 0. The van der Waals surface area contributed by atoms with Crippen LogP contribution in [0.1, 0.15) is 37.2 Å². The van der Waals surface area contributed by atoms with Crippen molar-refractivity contribution in [1.29, 1.82) is 0 Å². The molecular formula is C17H24N4OS. The van der Waals surface area contributed by atoms with Crippen LogP contribution in [0.3, 0.4) is 0 Å². The van der Waals surface area contributed by atoms with Crippen molar-refractivity contribution in [3.63, 3.8) is 0 Å². The Balaban J connectivity index is 2.01. The molecule has 0 radical (unpaired) electrons. The Bertz CT molecular complexity index is 661. The number of para-hydroxylation sites is 1. The van der Waals surface area contributed by atoms with Gasteiger partial charge in [-0.1, -0.05) is 43.8 Å². The number of nitrogens with one attached hydrogen (secondary N) is 1. The zero-order valence-corrected chi connectivity index (χ0v) is 15.0. The molecule has 0 aliphatic rings. The van der Waals surface area contributed by atoms with E-state index in [-0.39, 0.29) is 5.91 Å². The summed E-state index contributed by atoms with van der Waals surface area (Å²) in [4.78, 5) is 12.2. The Morgan fingerprint density at radius 2 is 1.91 bits per heavy atom. The first-order chi connectivity index (χ1) is 11.1. The maximum absolute atomic E-state index is 12.2. The molecule has 2 aromatic rings. The van der Waals surface area contributed by atoms with E-state index in [1.807, 2.05) is 32.0 Å². The Morgan fingerprint density at radius 1 is 1.22 bits per heavy atom. The van der Waals surface area contributed by atoms with E-state index in [0.29, 0.717) is 5.75 Å². The highest BCUT2D eigenvalue weighted by Crippen LogP contribution is 2.21. The molecule has 124 valence electrons. The largest absolute Gasteiger partial charge is 0.325 e. The van der Waals surface area contributed by atoms with Gasteiger partial charge in [-0.3, -0.25) is 4.79 Å². The first kappa shape index (κ1) is 17.5. The van der Waals surface area contributed by atoms with Gasteiger partial charge in [0.2, 0.25) is 5.91 Å². The van der Waals surface area contributed by atoms with Crippen molar-refractivity contribution in [3.05, 3.63) is 35.2 Å². The average molecular weight is 332 g/mol. The van der Waals surface area contributed by atoms with Gasteiger partial charge in [0.25, 0.3) is 0 Å². The van der Waals surface area contributed by atoms with Gasteiger partial charge in [0.1, 0.15) is 5.82 Å². The third-order valence-electron chi connectivity index (χ3n) is 3.63. The van der Waals surface area contributed by atoms with Gasteiger partial charge in [-0.05, 0) is 31.4 Å². The van der Waals surface area contributed by atoms with Crippen LogP contribution in [0.15, 0.2) is 23.4 Å². The Hall–Kier alpha value is -1.82. The number of rotatable bonds is 7. The smallest absolute Gasteiger partial charge is 0.234 e. The summed E-state index contributed by atoms with van der Waals surface area (Å²) in [6.45, 7) is 9.08. The number of hydrogen-bond acceptors (Lipinski definition) is 4. The van der Waals surface area contributed by atoms with Gasteiger partial charge in [0, 0.05) is 18.7 Å². The molecule has 23 heavy (non-hydrogen) atoms. The van der Waals surface area contributed by atoms with Gasteiger partial charge in [-0.25, -0.2) is 0 Å². The molecule has 0 aliphatic heterocycles. The van der Waals surface area contributed by atoms with Crippen LogP contribution < -0.4 is 5.32 Å². The zero-order chi connectivity index (χ0) is 16.8. The lowest BCUT2D eigenvalue weighted by molar-refractivity contribution is -0.113. The standard InChI is InChI=1S/C17H24N4OS/c1-5-10-21-14(6-2)19-20-17(21)23-11-15(22)18-16-12(3)8-7-9-13(16)4/h7-9H,5-6,10-11H2,1-4H3,(H,18,22). The molecule has 0 saturated carbocycles. The van der Waals surface area contributed by atoms with Gasteiger partial charge < -0.3 is 9.88 Å². The predicted molar refractivity (Wildman–Crippen MR) is 95.0 cm³/mol. The maximum Gasteiger partial charge on any atom is 0.234 e. The lowest BCUT2D eigenvalue weighted by Crippen LogP contribution is -2.16. The molecule has 1 aromatic carbocycles. The number of aryl methyl sites for hydroxylation is 3. The Morgan fingerprint density at radius 3 is 2.52 bits per heavy atom. The van der Waals surface area contributed by atoms with Gasteiger partial charge in [-0.15, -0.1) is 10.2 Å². The fourth-order valence-corrected chi connectivity index (χ4v) is 3.24. The average Bonchev–Trinajstić information content (AvgIpc) is 2.91. The van der Waals surface area contributed by atoms with Crippen LogP contribution in [-0.2, 0) is 17.8 Å². The summed E-state index contributed by atoms with van der Waals surface area (Å²) in [5, 5.41) is 12.2. The molecule has 6 heteroatoms. The summed E-state index contributed by atoms with van der Waals surface area (Å²) in [5.41, 5.74) is 3.05. The fourth-order valence-electron chi connectivity index (χ4n) is 2.45. The number of anilines is 1. The van der Waals surface area contributed by atoms with Crippen molar-refractivity contribution < 1.29 is 4.79 Å². The molecule has 0 aliphatic carbocycles. The molecule has 0 atom stereocenters. The molecule has 1 aromatic heterocycles. The number of carbonyl (C=O) groups excluding carboxylic acids is 1. The molecule has 0 bridgehead atoms. The second-order valence-electron chi connectivity index (χ2n) is 5.51. The van der Waals surface area contributed by atoms with Crippen molar-refractivity contribution in [3.8, 4) is 0 Å². The van der Waals surface area contributed by atoms with E-state index in [0.717, 1.165) is 47.2 Å². The quantitative estimate of drug-likeness (QED) is 0.787. The van der Waals surface area contributed by atoms with E-state index in [1.165, 1.54) is 11.8 Å². The van der Waals surface area contributed by atoms with Crippen LogP contribution in [0.2, 0.25) is 0 Å². The molecule has 2 rings (SSSR count). The Labute approximate surface area is 141 Å². The number of nitrogens with zero attached hydrogens (tertiary/aromatic N) is 3. The van der Waals surface area contributed by atoms with E-state index in [9.17, 15) is 4.79 Å². The second kappa shape index (κ2) is 8.15. The number of benzene rings is 1. The third-order valence-corrected chi connectivity index (χ3v) is 4.60. The summed E-state index contributed by atoms with van der Waals surface area (Å²) >= 11 is 1.44. The minimum atomic E-state index is -0.0171. The number of hydrogen-bond donors (Lipinski definition) is 1. The summed E-state index contributed by atoms with van der Waals surface area (Å²) in [6, 6.07) is 6.00. The van der Waals surface area contributed by atoms with Crippen molar-refractivity contribution in [2.45, 2.75) is 52.2 Å². The molecule has 0 spiro atoms. The van der Waals surface area contributed by atoms with E-state index in [1.54, 1.807) is 0 Å². The number of amides is 1. The van der Waals surface area contributed by atoms with Crippen molar-refractivity contribution in [2.24, 2.45) is 0 Å². The number of carbonyl (C=O) groups is 1. The van der Waals surface area contributed by atoms with Gasteiger partial charge in [0.05, 0.1) is 5.75 Å². The first-order valence-electron chi connectivity index (χ1n) is 7.97. The van der Waals surface area contributed by atoms with Crippen LogP contribution in [-0.4, -0.2) is 26.4 Å². The summed E-state index contributed by atoms with van der Waals surface area (Å²) in [6.07, 6.45) is 1.87. The summed E-state index contributed by atoms with van der Waals surface area (Å²) < 4.78 is 2.11. The van der Waals surface area contributed by atoms with Crippen LogP contribution in [0.4, 0.5) is 5.69 Å². The molecule has 5 nitrogen and oxygen atoms in total. The van der Waals surface area contributed by atoms with Crippen molar-refractivity contribution in [2.75, 3.05) is 11.1 Å². The SMILES string of the molecule is CCCn1c(CC)nnc1SCC(=O)Nc1c(C)cccc1C. The predicted octanol–water partition coefficient (Wildman–Crippen LogP) is 3.60. The lowest BCUT2D eigenvalue weighted by Gasteiger charge is -2.11. The zero-order valence-electron chi connectivity index (χ0n) is 14.2. The molecular weight excluding hydrogens is 308 g/mol. The highest BCUT2D eigenvalue weighted by molar-refractivity contribution is 7.99. The Kier molecular flexibility index (Phi) is 6.21. The van der Waals surface area contributed by atoms with E-state index >= 15 is 0 Å². The maximum atomic E-state index is 12.2. The van der Waals surface area contributed by atoms with E-state index in [2.05, 4.69) is 33.9 Å². The van der Waals surface area contributed by atoms with Crippen molar-refractivity contribution >= 4 is 23.4 Å². The van der Waals surface area contributed by atoms with Gasteiger partial charge in [-0.2, -0.15) is 0 Å². The molecule has 1 heterocycles. The van der Waals surface area contributed by atoms with E-state index in [4.69, 9.17) is 0 Å². The van der Waals surface area contributed by atoms with E-state index < -0.39 is 0 Å². The minimum Gasteiger partial charge on any atom is -0.325 e. The topological polar surface area (TPSA) is 59.8 Å². The van der Waals surface area contributed by atoms with Gasteiger partial charge in [0.15, 0.2) is 5.16 Å². The molecule has 0 unspecified atom stereocenters. The lowest BCUT2D eigenvalue weighted by atomic mass is 10.1. The number of aromatic nitrogens is 3. The fraction of sp³-hybridized carbons (Fsp3) is 0.471. The highest BCUT2D eigenvalue weighted by atomic mass is 32.2. The van der Waals surface area contributed by atoms with Crippen LogP contribution in [0.5, 0.6) is 0 Å². The van der Waals surface area contributed by atoms with Crippen molar-refractivity contribution in [1.82, 2.24) is 14.8 Å². The normalized spacial score (nSPS) is 10.8. The third kappa shape index (κ3) is 4.34. The monoisotopic (exact) mass is 332 g/mol. The minimum absolute atomic E-state index is 0.0171. The molecule has 0 fully saturated rings. The highest BCUT2D eigenvalue weighted by Gasteiger charge is 2.13.